The lowest BCUT2D eigenvalue weighted by molar-refractivity contribution is 0.232. The summed E-state index contributed by atoms with van der Waals surface area (Å²) in [6.45, 7) is 4.96. The minimum Gasteiger partial charge on any atom is -0.475 e. The molecule has 0 aromatic carbocycles. The molecule has 1 unspecified atom stereocenters. The van der Waals surface area contributed by atoms with E-state index in [9.17, 15) is 0 Å². The van der Waals surface area contributed by atoms with Crippen molar-refractivity contribution in [3.63, 3.8) is 0 Å². The van der Waals surface area contributed by atoms with Crippen molar-refractivity contribution in [1.82, 2.24) is 9.97 Å². The lowest BCUT2D eigenvalue weighted by Crippen LogP contribution is -2.15. The maximum atomic E-state index is 5.53. The van der Waals surface area contributed by atoms with Crippen LogP contribution in [0.1, 0.15) is 26.7 Å². The summed E-state index contributed by atoms with van der Waals surface area (Å²) in [5.74, 6) is 2.78. The van der Waals surface area contributed by atoms with E-state index >= 15 is 0 Å². The number of nitrogens with one attached hydrogen (secondary N) is 1. The molecule has 2 rings (SSSR count). The maximum absolute atomic E-state index is 5.53. The largest absolute Gasteiger partial charge is 0.475 e. The van der Waals surface area contributed by atoms with Gasteiger partial charge in [-0.3, -0.25) is 0 Å². The first kappa shape index (κ1) is 12.5. The Bertz CT molecular complexity index is 353. The monoisotopic (exact) mass is 253 g/mol. The lowest BCUT2D eigenvalue weighted by Gasteiger charge is -2.12. The van der Waals surface area contributed by atoms with Gasteiger partial charge in [0.15, 0.2) is 0 Å². The van der Waals surface area contributed by atoms with Crippen LogP contribution in [0, 0.1) is 0 Å². The first-order valence-electron chi connectivity index (χ1n) is 6.08. The fraction of sp³-hybridized carbons (Fsp3) is 0.667. The van der Waals surface area contributed by atoms with Crippen LogP contribution in [0.2, 0.25) is 0 Å². The molecule has 1 saturated heterocycles. The third-order valence-electron chi connectivity index (χ3n) is 2.53. The van der Waals surface area contributed by atoms with Gasteiger partial charge in [0.05, 0.1) is 6.10 Å². The Kier molecular flexibility index (Phi) is 4.48. The second-order valence-corrected chi connectivity index (χ2v) is 5.83. The first-order valence-corrected chi connectivity index (χ1v) is 7.13. The van der Waals surface area contributed by atoms with Gasteiger partial charge in [-0.05, 0) is 32.4 Å². The van der Waals surface area contributed by atoms with Gasteiger partial charge in [-0.25, -0.2) is 9.97 Å². The molecule has 0 spiro atoms. The number of hydrogen-bond donors (Lipinski definition) is 1. The van der Waals surface area contributed by atoms with Crippen LogP contribution >= 0.6 is 11.8 Å². The van der Waals surface area contributed by atoms with Crippen molar-refractivity contribution < 1.29 is 4.74 Å². The highest BCUT2D eigenvalue weighted by molar-refractivity contribution is 8.00. The number of anilines is 1. The zero-order valence-corrected chi connectivity index (χ0v) is 11.2. The molecule has 1 aliphatic heterocycles. The van der Waals surface area contributed by atoms with E-state index in [1.54, 1.807) is 6.33 Å². The van der Waals surface area contributed by atoms with E-state index in [1.165, 1.54) is 18.6 Å². The highest BCUT2D eigenvalue weighted by Crippen LogP contribution is 2.26. The summed E-state index contributed by atoms with van der Waals surface area (Å²) in [6.07, 6.45) is 4.32. The molecule has 5 heteroatoms. The molecule has 0 saturated carbocycles. The van der Waals surface area contributed by atoms with Gasteiger partial charge in [0.2, 0.25) is 5.88 Å². The summed E-state index contributed by atoms with van der Waals surface area (Å²) >= 11 is 2.04. The van der Waals surface area contributed by atoms with Crippen LogP contribution in [0.3, 0.4) is 0 Å². The van der Waals surface area contributed by atoms with E-state index in [2.05, 4.69) is 15.3 Å². The topological polar surface area (TPSA) is 47.0 Å². The second kappa shape index (κ2) is 6.10. The molecule has 0 radical (unpaired) electrons. The van der Waals surface area contributed by atoms with E-state index in [1.807, 2.05) is 31.7 Å². The van der Waals surface area contributed by atoms with Crippen LogP contribution in [-0.2, 0) is 0 Å². The minimum atomic E-state index is 0.142. The first-order chi connectivity index (χ1) is 8.24. The Labute approximate surface area is 107 Å². The van der Waals surface area contributed by atoms with Gasteiger partial charge in [0, 0.05) is 17.9 Å². The van der Waals surface area contributed by atoms with Gasteiger partial charge in [-0.15, -0.1) is 0 Å². The molecule has 1 fully saturated rings. The van der Waals surface area contributed by atoms with Crippen molar-refractivity contribution in [2.75, 3.05) is 17.6 Å². The summed E-state index contributed by atoms with van der Waals surface area (Å²) in [6, 6.07) is 1.86. The zero-order chi connectivity index (χ0) is 12.1. The molecule has 1 atom stereocenters. The van der Waals surface area contributed by atoms with Crippen molar-refractivity contribution >= 4 is 17.6 Å². The maximum Gasteiger partial charge on any atom is 0.218 e. The predicted octanol–water partition coefficient (Wildman–Crippen LogP) is 2.57. The quantitative estimate of drug-likeness (QED) is 0.874. The van der Waals surface area contributed by atoms with Gasteiger partial charge in [-0.2, -0.15) is 11.8 Å². The molecular formula is C12H19N3OS. The normalized spacial score (nSPS) is 19.6. The summed E-state index contributed by atoms with van der Waals surface area (Å²) < 4.78 is 5.53. The Morgan fingerprint density at radius 2 is 2.41 bits per heavy atom. The minimum absolute atomic E-state index is 0.142. The van der Waals surface area contributed by atoms with Gasteiger partial charge >= 0.3 is 0 Å². The third-order valence-corrected chi connectivity index (χ3v) is 3.93. The molecule has 1 aromatic rings. The number of rotatable bonds is 5. The van der Waals surface area contributed by atoms with Crippen LogP contribution in [0.25, 0.3) is 0 Å². The van der Waals surface area contributed by atoms with Gasteiger partial charge in [-0.1, -0.05) is 0 Å². The molecule has 1 N–H and O–H groups in total. The van der Waals surface area contributed by atoms with Crippen LogP contribution in [0.5, 0.6) is 5.88 Å². The van der Waals surface area contributed by atoms with Gasteiger partial charge in [0.25, 0.3) is 0 Å². The molecule has 0 aliphatic carbocycles. The molecule has 4 nitrogen and oxygen atoms in total. The average Bonchev–Trinajstić information content (AvgIpc) is 2.79. The van der Waals surface area contributed by atoms with E-state index in [0.717, 1.165) is 17.6 Å². The van der Waals surface area contributed by atoms with Crippen LogP contribution in [0.15, 0.2) is 12.4 Å². The van der Waals surface area contributed by atoms with Crippen LogP contribution < -0.4 is 10.1 Å². The van der Waals surface area contributed by atoms with Gasteiger partial charge in [0.1, 0.15) is 12.1 Å². The number of thioether (sulfide) groups is 1. The second-order valence-electron chi connectivity index (χ2n) is 4.42. The van der Waals surface area contributed by atoms with Crippen LogP contribution in [-0.4, -0.2) is 33.6 Å². The summed E-state index contributed by atoms with van der Waals surface area (Å²) in [5.41, 5.74) is 0. The number of aromatic nitrogens is 2. The van der Waals surface area contributed by atoms with E-state index in [0.29, 0.717) is 5.88 Å². The Hall–Kier alpha value is -0.970. The standard InChI is InChI=1S/C12H19N3OS/c1-9(2)16-12-6-11(14-8-15-12)13-7-10-4-3-5-17-10/h6,8-10H,3-5,7H2,1-2H3,(H,13,14,15). The van der Waals surface area contributed by atoms with Crippen molar-refractivity contribution in [3.8, 4) is 5.88 Å². The Morgan fingerprint density at radius 3 is 3.12 bits per heavy atom. The van der Waals surface area contributed by atoms with Crippen molar-refractivity contribution in [3.05, 3.63) is 12.4 Å². The third kappa shape index (κ3) is 4.07. The fourth-order valence-corrected chi connectivity index (χ4v) is 2.97. The molecule has 17 heavy (non-hydrogen) atoms. The fourth-order valence-electron chi connectivity index (χ4n) is 1.77. The van der Waals surface area contributed by atoms with Crippen molar-refractivity contribution in [2.45, 2.75) is 38.0 Å². The SMILES string of the molecule is CC(C)Oc1cc(NCC2CCCS2)ncn1. The molecule has 1 aliphatic rings. The van der Waals surface area contributed by atoms with Crippen molar-refractivity contribution in [2.24, 2.45) is 0 Å². The highest BCUT2D eigenvalue weighted by Gasteiger charge is 2.15. The molecule has 2 heterocycles. The predicted molar refractivity (Wildman–Crippen MR) is 71.8 cm³/mol. The van der Waals surface area contributed by atoms with Gasteiger partial charge < -0.3 is 10.1 Å². The number of nitrogens with zero attached hydrogens (tertiary/aromatic N) is 2. The van der Waals surface area contributed by atoms with Crippen molar-refractivity contribution in [1.29, 1.82) is 0 Å². The summed E-state index contributed by atoms with van der Waals surface area (Å²) in [7, 11) is 0. The smallest absolute Gasteiger partial charge is 0.218 e. The summed E-state index contributed by atoms with van der Waals surface area (Å²) in [4.78, 5) is 8.28. The molecule has 94 valence electrons. The molecular weight excluding hydrogens is 234 g/mol. The Morgan fingerprint density at radius 1 is 1.53 bits per heavy atom. The van der Waals surface area contributed by atoms with Crippen LogP contribution in [0.4, 0.5) is 5.82 Å². The highest BCUT2D eigenvalue weighted by atomic mass is 32.2. The molecule has 0 amide bonds. The Balaban J connectivity index is 1.86. The summed E-state index contributed by atoms with van der Waals surface area (Å²) in [5, 5.41) is 4.07. The number of ether oxygens (including phenoxy) is 1. The van der Waals surface area contributed by atoms with E-state index < -0.39 is 0 Å². The lowest BCUT2D eigenvalue weighted by atomic mass is 10.2. The zero-order valence-electron chi connectivity index (χ0n) is 10.3. The van der Waals surface area contributed by atoms with E-state index in [-0.39, 0.29) is 6.10 Å². The molecule has 1 aromatic heterocycles. The number of hydrogen-bond acceptors (Lipinski definition) is 5. The average molecular weight is 253 g/mol. The molecule has 0 bridgehead atoms. The van der Waals surface area contributed by atoms with E-state index in [4.69, 9.17) is 4.74 Å².